The minimum absolute atomic E-state index is 0.174. The third-order valence-corrected chi connectivity index (χ3v) is 5.50. The summed E-state index contributed by atoms with van der Waals surface area (Å²) in [6, 6.07) is 16.6. The molecule has 0 bridgehead atoms. The maximum atomic E-state index is 5.78. The van der Waals surface area contributed by atoms with Crippen LogP contribution in [0, 0.1) is 0 Å². The van der Waals surface area contributed by atoms with Crippen LogP contribution in [0.5, 0.6) is 11.8 Å². The SMILES string of the molecule is COc1ncc(CN[C@H](C)c2ccccc2)cc1-c1ccc(OCC2CCCO2)nc1. The van der Waals surface area contributed by atoms with E-state index in [1.54, 1.807) is 13.3 Å². The molecule has 6 nitrogen and oxygen atoms in total. The van der Waals surface area contributed by atoms with Gasteiger partial charge in [-0.25, -0.2) is 9.97 Å². The van der Waals surface area contributed by atoms with Crippen LogP contribution in [0.3, 0.4) is 0 Å². The Kier molecular flexibility index (Phi) is 7.12. The van der Waals surface area contributed by atoms with Crippen molar-refractivity contribution in [2.24, 2.45) is 0 Å². The van der Waals surface area contributed by atoms with E-state index in [1.165, 1.54) is 5.56 Å². The molecular weight excluding hydrogens is 390 g/mol. The van der Waals surface area contributed by atoms with Crippen LogP contribution < -0.4 is 14.8 Å². The summed E-state index contributed by atoms with van der Waals surface area (Å²) in [7, 11) is 1.63. The van der Waals surface area contributed by atoms with Gasteiger partial charge in [-0.05, 0) is 43.0 Å². The second-order valence-corrected chi connectivity index (χ2v) is 7.74. The highest BCUT2D eigenvalue weighted by atomic mass is 16.5. The number of nitrogens with one attached hydrogen (secondary N) is 1. The zero-order chi connectivity index (χ0) is 21.5. The quantitative estimate of drug-likeness (QED) is 0.548. The number of hydrogen-bond donors (Lipinski definition) is 1. The first-order valence-corrected chi connectivity index (χ1v) is 10.7. The first-order valence-electron chi connectivity index (χ1n) is 10.7. The number of aromatic nitrogens is 2. The van der Waals surface area contributed by atoms with E-state index in [2.05, 4.69) is 52.5 Å². The Balaban J connectivity index is 1.43. The molecule has 2 aromatic heterocycles. The van der Waals surface area contributed by atoms with Gasteiger partial charge in [0.2, 0.25) is 11.8 Å². The van der Waals surface area contributed by atoms with Gasteiger partial charge in [0.1, 0.15) is 6.61 Å². The molecule has 6 heteroatoms. The van der Waals surface area contributed by atoms with E-state index in [-0.39, 0.29) is 12.1 Å². The summed E-state index contributed by atoms with van der Waals surface area (Å²) in [5.41, 5.74) is 4.18. The van der Waals surface area contributed by atoms with Crippen LogP contribution in [0.1, 0.15) is 36.9 Å². The first-order chi connectivity index (χ1) is 15.2. The van der Waals surface area contributed by atoms with Crippen LogP contribution in [0.2, 0.25) is 0 Å². The van der Waals surface area contributed by atoms with Crippen molar-refractivity contribution in [2.45, 2.75) is 38.5 Å². The lowest BCUT2D eigenvalue weighted by atomic mass is 10.1. The molecule has 3 aromatic rings. The van der Waals surface area contributed by atoms with Crippen molar-refractivity contribution >= 4 is 0 Å². The minimum Gasteiger partial charge on any atom is -0.481 e. The fraction of sp³-hybridized carbons (Fsp3) is 0.360. The van der Waals surface area contributed by atoms with E-state index in [0.29, 0.717) is 24.9 Å². The Morgan fingerprint density at radius 2 is 2.00 bits per heavy atom. The lowest BCUT2D eigenvalue weighted by Crippen LogP contribution is -2.18. The molecular formula is C25H29N3O3. The van der Waals surface area contributed by atoms with Gasteiger partial charge >= 0.3 is 0 Å². The van der Waals surface area contributed by atoms with Gasteiger partial charge in [-0.15, -0.1) is 0 Å². The number of benzene rings is 1. The summed E-state index contributed by atoms with van der Waals surface area (Å²) >= 11 is 0. The average molecular weight is 420 g/mol. The zero-order valence-electron chi connectivity index (χ0n) is 18.1. The Hall–Kier alpha value is -2.96. The van der Waals surface area contributed by atoms with Gasteiger partial charge in [0.05, 0.1) is 13.2 Å². The van der Waals surface area contributed by atoms with E-state index in [9.17, 15) is 0 Å². The molecule has 1 N–H and O–H groups in total. The van der Waals surface area contributed by atoms with Crippen molar-refractivity contribution in [3.8, 4) is 22.9 Å². The Bertz CT molecular complexity index is 958. The summed E-state index contributed by atoms with van der Waals surface area (Å²) in [5, 5.41) is 3.56. The topological polar surface area (TPSA) is 65.5 Å². The summed E-state index contributed by atoms with van der Waals surface area (Å²) < 4.78 is 16.9. The molecule has 0 radical (unpaired) electrons. The number of pyridine rings is 2. The fourth-order valence-corrected chi connectivity index (χ4v) is 3.67. The highest BCUT2D eigenvalue weighted by Gasteiger charge is 2.16. The molecule has 1 aliphatic rings. The van der Waals surface area contributed by atoms with Crippen LogP contribution in [0.4, 0.5) is 0 Å². The predicted molar refractivity (Wildman–Crippen MR) is 120 cm³/mol. The lowest BCUT2D eigenvalue weighted by molar-refractivity contribution is 0.0663. The number of methoxy groups -OCH3 is 1. The van der Waals surface area contributed by atoms with Gasteiger partial charge in [-0.3, -0.25) is 0 Å². The molecule has 0 amide bonds. The number of ether oxygens (including phenoxy) is 3. The van der Waals surface area contributed by atoms with Gasteiger partial charge in [0.25, 0.3) is 0 Å². The molecule has 1 saturated heterocycles. The van der Waals surface area contributed by atoms with Gasteiger partial charge in [-0.2, -0.15) is 0 Å². The monoisotopic (exact) mass is 419 g/mol. The highest BCUT2D eigenvalue weighted by molar-refractivity contribution is 5.68. The van der Waals surface area contributed by atoms with Gasteiger partial charge in [0, 0.05) is 48.8 Å². The summed E-state index contributed by atoms with van der Waals surface area (Å²) in [4.78, 5) is 8.96. The molecule has 1 aliphatic heterocycles. The average Bonchev–Trinajstić information content (AvgIpc) is 3.36. The van der Waals surface area contributed by atoms with Crippen molar-refractivity contribution in [2.75, 3.05) is 20.3 Å². The zero-order valence-corrected chi connectivity index (χ0v) is 18.1. The standard InChI is InChI=1S/C25H29N3O3/c1-18(20-7-4-3-5-8-20)26-14-19-13-23(25(29-2)28-15-19)21-10-11-24(27-16-21)31-17-22-9-6-12-30-22/h3-5,7-8,10-11,13,15-16,18,22,26H,6,9,12,14,17H2,1-2H3/t18-,22?/m1/s1. The molecule has 0 saturated carbocycles. The van der Waals surface area contributed by atoms with Crippen LogP contribution in [-0.2, 0) is 11.3 Å². The first kappa shape index (κ1) is 21.3. The molecule has 1 unspecified atom stereocenters. The number of nitrogens with zero attached hydrogens (tertiary/aromatic N) is 2. The maximum Gasteiger partial charge on any atom is 0.221 e. The second-order valence-electron chi connectivity index (χ2n) is 7.74. The van der Waals surface area contributed by atoms with Gasteiger partial charge < -0.3 is 19.5 Å². The maximum absolute atomic E-state index is 5.78. The Labute approximate surface area is 183 Å². The van der Waals surface area contributed by atoms with Crippen molar-refractivity contribution < 1.29 is 14.2 Å². The van der Waals surface area contributed by atoms with Gasteiger partial charge in [0.15, 0.2) is 0 Å². The molecule has 1 fully saturated rings. The van der Waals surface area contributed by atoms with Gasteiger partial charge in [-0.1, -0.05) is 30.3 Å². The number of rotatable bonds is 9. The molecule has 1 aromatic carbocycles. The van der Waals surface area contributed by atoms with E-state index in [4.69, 9.17) is 14.2 Å². The second kappa shape index (κ2) is 10.4. The lowest BCUT2D eigenvalue weighted by Gasteiger charge is -2.15. The molecule has 31 heavy (non-hydrogen) atoms. The summed E-state index contributed by atoms with van der Waals surface area (Å²) in [5.74, 6) is 1.18. The molecule has 162 valence electrons. The van der Waals surface area contributed by atoms with Crippen molar-refractivity contribution in [3.63, 3.8) is 0 Å². The highest BCUT2D eigenvalue weighted by Crippen LogP contribution is 2.29. The van der Waals surface area contributed by atoms with E-state index in [0.717, 1.165) is 36.1 Å². The van der Waals surface area contributed by atoms with Crippen LogP contribution in [0.15, 0.2) is 60.9 Å². The molecule has 3 heterocycles. The Morgan fingerprint density at radius 1 is 1.13 bits per heavy atom. The normalized spacial score (nSPS) is 16.8. The molecule has 2 atom stereocenters. The van der Waals surface area contributed by atoms with Crippen molar-refractivity contribution in [1.29, 1.82) is 0 Å². The number of hydrogen-bond acceptors (Lipinski definition) is 6. The Morgan fingerprint density at radius 3 is 2.71 bits per heavy atom. The van der Waals surface area contributed by atoms with E-state index < -0.39 is 0 Å². The fourth-order valence-electron chi connectivity index (χ4n) is 3.67. The summed E-state index contributed by atoms with van der Waals surface area (Å²) in [6.45, 7) is 4.23. The summed E-state index contributed by atoms with van der Waals surface area (Å²) in [6.07, 6.45) is 5.97. The molecule has 4 rings (SSSR count). The largest absolute Gasteiger partial charge is 0.481 e. The van der Waals surface area contributed by atoms with Crippen LogP contribution in [-0.4, -0.2) is 36.4 Å². The van der Waals surface area contributed by atoms with Crippen LogP contribution in [0.25, 0.3) is 11.1 Å². The predicted octanol–water partition coefficient (Wildman–Crippen LogP) is 4.56. The third-order valence-electron chi connectivity index (χ3n) is 5.50. The minimum atomic E-state index is 0.174. The van der Waals surface area contributed by atoms with E-state index >= 15 is 0 Å². The molecule has 0 aliphatic carbocycles. The smallest absolute Gasteiger partial charge is 0.221 e. The van der Waals surface area contributed by atoms with Crippen LogP contribution >= 0.6 is 0 Å². The molecule has 0 spiro atoms. The third kappa shape index (κ3) is 5.60. The van der Waals surface area contributed by atoms with Crippen molar-refractivity contribution in [3.05, 3.63) is 72.1 Å². The van der Waals surface area contributed by atoms with E-state index in [1.807, 2.05) is 24.4 Å². The van der Waals surface area contributed by atoms with Crippen molar-refractivity contribution in [1.82, 2.24) is 15.3 Å².